The average molecular weight is 481 g/mol. The van der Waals surface area contributed by atoms with Crippen molar-refractivity contribution in [3.8, 4) is 11.5 Å². The second kappa shape index (κ2) is 9.04. The highest BCUT2D eigenvalue weighted by molar-refractivity contribution is 6.12. The number of aryl methyl sites for hydroxylation is 1. The van der Waals surface area contributed by atoms with Crippen molar-refractivity contribution in [2.24, 2.45) is 5.92 Å². The Kier molecular flexibility index (Phi) is 5.88. The van der Waals surface area contributed by atoms with Gasteiger partial charge < -0.3 is 9.84 Å². The molecule has 0 spiro atoms. The first-order valence-electron chi connectivity index (χ1n) is 11.9. The Morgan fingerprint density at radius 1 is 1.08 bits per heavy atom. The van der Waals surface area contributed by atoms with Crippen molar-refractivity contribution < 1.29 is 19.4 Å². The molecule has 3 aromatic rings. The van der Waals surface area contributed by atoms with Crippen LogP contribution in [0.15, 0.2) is 97.1 Å². The van der Waals surface area contributed by atoms with E-state index in [2.05, 4.69) is 12.0 Å². The summed E-state index contributed by atoms with van der Waals surface area (Å²) in [6.45, 7) is 6.01. The van der Waals surface area contributed by atoms with Crippen LogP contribution in [-0.2, 0) is 15.0 Å². The minimum absolute atomic E-state index is 0.0531. The summed E-state index contributed by atoms with van der Waals surface area (Å²) in [4.78, 5) is 28.4. The molecule has 6 nitrogen and oxygen atoms in total. The third-order valence-corrected chi connectivity index (χ3v) is 7.31. The van der Waals surface area contributed by atoms with E-state index in [4.69, 9.17) is 4.74 Å². The molecule has 36 heavy (non-hydrogen) atoms. The molecule has 0 unspecified atom stereocenters. The van der Waals surface area contributed by atoms with Crippen molar-refractivity contribution in [1.29, 1.82) is 0 Å². The van der Waals surface area contributed by atoms with Crippen LogP contribution in [0.3, 0.4) is 0 Å². The van der Waals surface area contributed by atoms with Gasteiger partial charge in [-0.25, -0.2) is 0 Å². The van der Waals surface area contributed by atoms with Gasteiger partial charge in [-0.2, -0.15) is 5.01 Å². The molecule has 1 heterocycles. The van der Waals surface area contributed by atoms with Crippen LogP contribution in [0.1, 0.15) is 29.0 Å². The fraction of sp³-hybridized carbons (Fsp3) is 0.200. The smallest absolute Gasteiger partial charge is 0.260 e. The molecule has 6 heteroatoms. The second-order valence-electron chi connectivity index (χ2n) is 9.25. The first kappa shape index (κ1) is 23.4. The molecule has 1 fully saturated rings. The average Bonchev–Trinajstić information content (AvgIpc) is 3.12. The number of nitrogens with zero attached hydrogens (tertiary/aromatic N) is 1. The number of rotatable bonds is 6. The number of ether oxygens (including phenoxy) is 1. The molecule has 2 amide bonds. The van der Waals surface area contributed by atoms with Crippen LogP contribution in [0.2, 0.25) is 0 Å². The highest BCUT2D eigenvalue weighted by atomic mass is 16.5. The highest BCUT2D eigenvalue weighted by Crippen LogP contribution is 2.58. The van der Waals surface area contributed by atoms with Crippen LogP contribution in [0.25, 0.3) is 0 Å². The predicted molar refractivity (Wildman–Crippen MR) is 139 cm³/mol. The highest BCUT2D eigenvalue weighted by Gasteiger charge is 2.66. The Labute approximate surface area is 210 Å². The summed E-state index contributed by atoms with van der Waals surface area (Å²) in [5, 5.41) is 11.3. The number of methoxy groups -OCH3 is 1. The molecule has 0 radical (unpaired) electrons. The van der Waals surface area contributed by atoms with Crippen molar-refractivity contribution >= 4 is 17.5 Å². The standard InChI is InChI=1S/C30H28N2O4/c1-4-20-12-17-25-28(34)32(31-22-13-10-19(2)11-14-22)29(35)30(25,21-8-6-5-7-9-21)27(20)24-16-15-23(33)18-26(24)36-3/h4-16,18,25,27,31,33H,1,17H2,2-3H3/t25-,27+,30+/m0/s1. The number of nitrogens with one attached hydrogen (secondary N) is 1. The van der Waals surface area contributed by atoms with Gasteiger partial charge in [0.2, 0.25) is 0 Å². The molecular weight excluding hydrogens is 452 g/mol. The Morgan fingerprint density at radius 2 is 1.81 bits per heavy atom. The maximum atomic E-state index is 14.5. The van der Waals surface area contributed by atoms with E-state index in [9.17, 15) is 14.7 Å². The number of amides is 2. The van der Waals surface area contributed by atoms with Gasteiger partial charge >= 0.3 is 0 Å². The van der Waals surface area contributed by atoms with Gasteiger partial charge in [-0.3, -0.25) is 15.0 Å². The fourth-order valence-electron chi connectivity index (χ4n) is 5.66. The van der Waals surface area contributed by atoms with E-state index < -0.39 is 17.3 Å². The number of imide groups is 1. The summed E-state index contributed by atoms with van der Waals surface area (Å²) in [6.07, 6.45) is 4.12. The lowest BCUT2D eigenvalue weighted by atomic mass is 9.56. The van der Waals surface area contributed by atoms with Crippen LogP contribution in [0.5, 0.6) is 11.5 Å². The van der Waals surface area contributed by atoms with E-state index in [0.717, 1.165) is 16.7 Å². The van der Waals surface area contributed by atoms with Gasteiger partial charge in [0.1, 0.15) is 11.5 Å². The Bertz CT molecular complexity index is 1360. The number of benzene rings is 3. The van der Waals surface area contributed by atoms with Gasteiger partial charge in [0.15, 0.2) is 0 Å². The molecular formula is C30H28N2O4. The number of phenolic OH excluding ortho intramolecular Hbond substituents is 1. The summed E-state index contributed by atoms with van der Waals surface area (Å²) in [5.74, 6) is -1.33. The van der Waals surface area contributed by atoms with Gasteiger partial charge in [-0.05, 0) is 42.7 Å². The van der Waals surface area contributed by atoms with E-state index >= 15 is 0 Å². The Morgan fingerprint density at radius 3 is 2.47 bits per heavy atom. The second-order valence-corrected chi connectivity index (χ2v) is 9.25. The number of aromatic hydroxyl groups is 1. The van der Waals surface area contributed by atoms with Crippen LogP contribution in [0.4, 0.5) is 5.69 Å². The van der Waals surface area contributed by atoms with Gasteiger partial charge in [0.25, 0.3) is 11.8 Å². The molecule has 182 valence electrons. The fourth-order valence-corrected chi connectivity index (χ4v) is 5.66. The van der Waals surface area contributed by atoms with Crippen LogP contribution >= 0.6 is 0 Å². The number of hydrazine groups is 1. The maximum absolute atomic E-state index is 14.5. The van der Waals surface area contributed by atoms with Crippen molar-refractivity contribution in [3.05, 3.63) is 114 Å². The summed E-state index contributed by atoms with van der Waals surface area (Å²) < 4.78 is 5.65. The third kappa shape index (κ3) is 3.49. The first-order chi connectivity index (χ1) is 17.4. The number of phenols is 1. The molecule has 5 rings (SSSR count). The number of carbonyl (C=O) groups is 2. The molecule has 0 bridgehead atoms. The van der Waals surface area contributed by atoms with Gasteiger partial charge in [0, 0.05) is 17.5 Å². The van der Waals surface area contributed by atoms with E-state index in [1.807, 2.05) is 67.6 Å². The summed E-state index contributed by atoms with van der Waals surface area (Å²) >= 11 is 0. The summed E-state index contributed by atoms with van der Waals surface area (Å²) in [7, 11) is 1.53. The number of allylic oxidation sites excluding steroid dienone is 3. The SMILES string of the molecule is C=CC1=CC[C@H]2C(=O)N(Nc3ccc(C)cc3)C(=O)[C@@]2(c2ccccc2)[C@H]1c1ccc(O)cc1OC. The van der Waals surface area contributed by atoms with E-state index in [0.29, 0.717) is 23.4 Å². The lowest BCUT2D eigenvalue weighted by Crippen LogP contribution is -2.48. The lowest BCUT2D eigenvalue weighted by Gasteiger charge is -2.43. The number of hydrogen-bond acceptors (Lipinski definition) is 5. The van der Waals surface area contributed by atoms with Crippen molar-refractivity contribution in [3.63, 3.8) is 0 Å². The molecule has 1 aliphatic heterocycles. The number of fused-ring (bicyclic) bond motifs is 1. The van der Waals surface area contributed by atoms with Crippen molar-refractivity contribution in [2.45, 2.75) is 24.7 Å². The van der Waals surface area contributed by atoms with Crippen molar-refractivity contribution in [2.75, 3.05) is 12.5 Å². The van der Waals surface area contributed by atoms with Crippen LogP contribution < -0.4 is 10.2 Å². The van der Waals surface area contributed by atoms with E-state index in [1.54, 1.807) is 18.2 Å². The molecule has 0 saturated carbocycles. The minimum Gasteiger partial charge on any atom is -0.508 e. The molecule has 2 N–H and O–H groups in total. The van der Waals surface area contributed by atoms with Crippen molar-refractivity contribution in [1.82, 2.24) is 5.01 Å². The molecule has 1 aliphatic carbocycles. The topological polar surface area (TPSA) is 78.9 Å². The van der Waals surface area contributed by atoms with Crippen LogP contribution in [0, 0.1) is 12.8 Å². The normalized spacial score (nSPS) is 23.2. The quantitative estimate of drug-likeness (QED) is 0.471. The van der Waals surface area contributed by atoms with Gasteiger partial charge in [-0.1, -0.05) is 72.8 Å². The minimum atomic E-state index is -1.24. The van der Waals surface area contributed by atoms with Crippen LogP contribution in [-0.4, -0.2) is 29.0 Å². The third-order valence-electron chi connectivity index (χ3n) is 7.31. The number of carbonyl (C=O) groups excluding carboxylic acids is 2. The summed E-state index contributed by atoms with van der Waals surface area (Å²) in [6, 6.07) is 21.9. The zero-order valence-corrected chi connectivity index (χ0v) is 20.3. The first-order valence-corrected chi connectivity index (χ1v) is 11.9. The monoisotopic (exact) mass is 480 g/mol. The lowest BCUT2D eigenvalue weighted by molar-refractivity contribution is -0.138. The molecule has 1 saturated heterocycles. The van der Waals surface area contributed by atoms with Gasteiger partial charge in [-0.15, -0.1) is 0 Å². The Hall–Kier alpha value is -4.32. The zero-order chi connectivity index (χ0) is 25.4. The molecule has 3 atom stereocenters. The largest absolute Gasteiger partial charge is 0.508 e. The number of anilines is 1. The van der Waals surface area contributed by atoms with Gasteiger partial charge in [0.05, 0.1) is 24.1 Å². The Balaban J connectivity index is 1.74. The molecule has 3 aromatic carbocycles. The van der Waals surface area contributed by atoms with E-state index in [1.165, 1.54) is 18.2 Å². The predicted octanol–water partition coefficient (Wildman–Crippen LogP) is 5.26. The molecule has 2 aliphatic rings. The maximum Gasteiger partial charge on any atom is 0.260 e. The zero-order valence-electron chi connectivity index (χ0n) is 20.3. The molecule has 0 aromatic heterocycles. The summed E-state index contributed by atoms with van der Waals surface area (Å²) in [5.41, 5.74) is 5.85. The number of hydrogen-bond donors (Lipinski definition) is 2. The van der Waals surface area contributed by atoms with E-state index in [-0.39, 0.29) is 17.6 Å².